The van der Waals surface area contributed by atoms with Gasteiger partial charge in [0.15, 0.2) is 11.8 Å². The molecule has 2 N–H and O–H groups in total. The van der Waals surface area contributed by atoms with Crippen molar-refractivity contribution in [1.29, 1.82) is 0 Å². The molecule has 26 heavy (non-hydrogen) atoms. The Balaban J connectivity index is 1.92. The Morgan fingerprint density at radius 2 is 2.00 bits per heavy atom. The molecule has 0 amide bonds. The van der Waals surface area contributed by atoms with Crippen molar-refractivity contribution < 1.29 is 0 Å². The average Bonchev–Trinajstić information content (AvgIpc) is 2.96. The summed E-state index contributed by atoms with van der Waals surface area (Å²) in [7, 11) is 1.95. The fraction of sp³-hybridized carbons (Fsp3) is 0.500. The summed E-state index contributed by atoms with van der Waals surface area (Å²) in [6.07, 6.45) is 4.05. The molecule has 1 aromatic carbocycles. The van der Waals surface area contributed by atoms with E-state index in [-0.39, 0.29) is 0 Å². The zero-order valence-corrected chi connectivity index (χ0v) is 17.2. The highest BCUT2D eigenvalue weighted by Crippen LogP contribution is 2.14. The van der Waals surface area contributed by atoms with E-state index in [9.17, 15) is 0 Å². The van der Waals surface area contributed by atoms with Crippen LogP contribution in [-0.4, -0.2) is 45.8 Å². The van der Waals surface area contributed by atoms with E-state index in [2.05, 4.69) is 38.1 Å². The van der Waals surface area contributed by atoms with E-state index < -0.39 is 0 Å². The Labute approximate surface area is 164 Å². The SMILES string of the molecule is CSCCCNC(=NCc1nnc(C)n1C)NCCc1ccccc1Cl. The summed E-state index contributed by atoms with van der Waals surface area (Å²) >= 11 is 8.07. The first-order valence-electron chi connectivity index (χ1n) is 8.71. The topological polar surface area (TPSA) is 67.1 Å². The number of rotatable bonds is 9. The van der Waals surface area contributed by atoms with Crippen molar-refractivity contribution in [3.05, 3.63) is 46.5 Å². The molecule has 0 aliphatic heterocycles. The maximum absolute atomic E-state index is 6.22. The van der Waals surface area contributed by atoms with Crippen molar-refractivity contribution in [2.24, 2.45) is 12.0 Å². The van der Waals surface area contributed by atoms with Gasteiger partial charge in [-0.15, -0.1) is 10.2 Å². The van der Waals surface area contributed by atoms with Crippen molar-refractivity contribution in [1.82, 2.24) is 25.4 Å². The third kappa shape index (κ3) is 6.53. The first-order chi connectivity index (χ1) is 12.6. The van der Waals surface area contributed by atoms with E-state index in [0.29, 0.717) is 6.54 Å². The van der Waals surface area contributed by atoms with Crippen LogP contribution in [0.2, 0.25) is 5.02 Å². The molecule has 0 unspecified atom stereocenters. The summed E-state index contributed by atoms with van der Waals surface area (Å²) in [6, 6.07) is 7.92. The largest absolute Gasteiger partial charge is 0.356 e. The van der Waals surface area contributed by atoms with Crippen LogP contribution in [0.1, 0.15) is 23.6 Å². The summed E-state index contributed by atoms with van der Waals surface area (Å²) in [5, 5.41) is 15.8. The van der Waals surface area contributed by atoms with Crippen LogP contribution >= 0.6 is 23.4 Å². The number of nitrogens with one attached hydrogen (secondary N) is 2. The van der Waals surface area contributed by atoms with Gasteiger partial charge in [-0.25, -0.2) is 4.99 Å². The summed E-state index contributed by atoms with van der Waals surface area (Å²) in [5.41, 5.74) is 1.13. The maximum atomic E-state index is 6.22. The Bertz CT molecular complexity index is 715. The molecule has 1 heterocycles. The first kappa shape index (κ1) is 20.6. The van der Waals surface area contributed by atoms with Gasteiger partial charge >= 0.3 is 0 Å². The molecular weight excluding hydrogens is 368 g/mol. The summed E-state index contributed by atoms with van der Waals surface area (Å²) in [6.45, 7) is 4.07. The van der Waals surface area contributed by atoms with Gasteiger partial charge in [0, 0.05) is 25.2 Å². The van der Waals surface area contributed by atoms with Gasteiger partial charge in [-0.2, -0.15) is 11.8 Å². The number of guanidine groups is 1. The van der Waals surface area contributed by atoms with E-state index in [1.807, 2.05) is 48.5 Å². The van der Waals surface area contributed by atoms with Crippen LogP contribution in [0.4, 0.5) is 0 Å². The minimum absolute atomic E-state index is 0.487. The number of aryl methyl sites for hydroxylation is 1. The predicted octanol–water partition coefficient (Wildman–Crippen LogP) is 2.81. The van der Waals surface area contributed by atoms with Gasteiger partial charge < -0.3 is 15.2 Å². The molecule has 6 nitrogen and oxygen atoms in total. The van der Waals surface area contributed by atoms with Gasteiger partial charge in [0.1, 0.15) is 12.4 Å². The second-order valence-corrected chi connectivity index (χ2v) is 7.32. The molecule has 8 heteroatoms. The Morgan fingerprint density at radius 1 is 1.23 bits per heavy atom. The van der Waals surface area contributed by atoms with Crippen LogP contribution in [0, 0.1) is 6.92 Å². The molecule has 2 rings (SSSR count). The number of benzene rings is 1. The smallest absolute Gasteiger partial charge is 0.191 e. The summed E-state index contributed by atoms with van der Waals surface area (Å²) in [4.78, 5) is 4.65. The molecule has 1 aromatic heterocycles. The van der Waals surface area contributed by atoms with Gasteiger partial charge in [-0.05, 0) is 43.4 Å². The molecule has 0 radical (unpaired) electrons. The lowest BCUT2D eigenvalue weighted by molar-refractivity contribution is 0.742. The predicted molar refractivity (Wildman–Crippen MR) is 111 cm³/mol. The van der Waals surface area contributed by atoms with Gasteiger partial charge in [0.05, 0.1) is 0 Å². The highest BCUT2D eigenvalue weighted by molar-refractivity contribution is 7.98. The number of halogens is 1. The number of thioether (sulfide) groups is 1. The lowest BCUT2D eigenvalue weighted by Gasteiger charge is -2.13. The van der Waals surface area contributed by atoms with Crippen molar-refractivity contribution in [2.45, 2.75) is 26.3 Å². The normalized spacial score (nSPS) is 11.6. The number of hydrogen-bond donors (Lipinski definition) is 2. The number of nitrogens with zero attached hydrogens (tertiary/aromatic N) is 4. The average molecular weight is 395 g/mol. The molecule has 0 fully saturated rings. The third-order valence-corrected chi connectivity index (χ3v) is 5.09. The molecule has 0 spiro atoms. The molecule has 2 aromatic rings. The van der Waals surface area contributed by atoms with Crippen LogP contribution in [0.25, 0.3) is 0 Å². The highest BCUT2D eigenvalue weighted by atomic mass is 35.5. The van der Waals surface area contributed by atoms with E-state index >= 15 is 0 Å². The van der Waals surface area contributed by atoms with Gasteiger partial charge in [-0.1, -0.05) is 29.8 Å². The monoisotopic (exact) mass is 394 g/mol. The molecular formula is C18H27ClN6S. The standard InChI is InChI=1S/C18H27ClN6S/c1-14-23-24-17(25(14)2)13-22-18(20-10-6-12-26-3)21-11-9-15-7-4-5-8-16(15)19/h4-5,7-8H,6,9-13H2,1-3H3,(H2,20,21,22). The molecule has 0 saturated heterocycles. The number of aliphatic imine (C=N–C) groups is 1. The summed E-state index contributed by atoms with van der Waals surface area (Å²) in [5.74, 6) is 3.65. The van der Waals surface area contributed by atoms with Crippen LogP contribution in [0.5, 0.6) is 0 Å². The Kier molecular flexibility index (Phi) is 8.77. The zero-order chi connectivity index (χ0) is 18.8. The molecule has 0 atom stereocenters. The summed E-state index contributed by atoms with van der Waals surface area (Å²) < 4.78 is 1.96. The van der Waals surface area contributed by atoms with Crippen LogP contribution < -0.4 is 10.6 Å². The van der Waals surface area contributed by atoms with E-state index in [0.717, 1.165) is 59.9 Å². The second-order valence-electron chi connectivity index (χ2n) is 5.93. The Morgan fingerprint density at radius 3 is 2.69 bits per heavy atom. The Hall–Kier alpha value is -1.73. The quantitative estimate of drug-likeness (QED) is 0.389. The zero-order valence-electron chi connectivity index (χ0n) is 15.6. The van der Waals surface area contributed by atoms with E-state index in [1.54, 1.807) is 0 Å². The minimum Gasteiger partial charge on any atom is -0.356 e. The first-order valence-corrected chi connectivity index (χ1v) is 10.5. The van der Waals surface area contributed by atoms with Crippen LogP contribution in [0.3, 0.4) is 0 Å². The number of hydrogen-bond acceptors (Lipinski definition) is 4. The van der Waals surface area contributed by atoms with Crippen LogP contribution in [0.15, 0.2) is 29.3 Å². The van der Waals surface area contributed by atoms with Crippen LogP contribution in [-0.2, 0) is 20.0 Å². The van der Waals surface area contributed by atoms with E-state index in [4.69, 9.17) is 11.6 Å². The minimum atomic E-state index is 0.487. The molecule has 0 bridgehead atoms. The van der Waals surface area contributed by atoms with Crippen molar-refractivity contribution in [2.75, 3.05) is 25.1 Å². The fourth-order valence-corrected chi connectivity index (χ4v) is 3.02. The molecule has 0 aliphatic rings. The second kappa shape index (κ2) is 11.1. The van der Waals surface area contributed by atoms with E-state index in [1.165, 1.54) is 0 Å². The molecule has 142 valence electrons. The molecule has 0 saturated carbocycles. The van der Waals surface area contributed by atoms with Crippen molar-refractivity contribution in [3.63, 3.8) is 0 Å². The van der Waals surface area contributed by atoms with Crippen molar-refractivity contribution >= 4 is 29.3 Å². The highest BCUT2D eigenvalue weighted by Gasteiger charge is 2.05. The lowest BCUT2D eigenvalue weighted by Crippen LogP contribution is -2.39. The van der Waals surface area contributed by atoms with Gasteiger partial charge in [-0.3, -0.25) is 0 Å². The fourth-order valence-electron chi connectivity index (χ4n) is 2.35. The maximum Gasteiger partial charge on any atom is 0.191 e. The van der Waals surface area contributed by atoms with Gasteiger partial charge in [0.2, 0.25) is 0 Å². The molecule has 0 aliphatic carbocycles. The third-order valence-electron chi connectivity index (χ3n) is 4.02. The van der Waals surface area contributed by atoms with Gasteiger partial charge in [0.25, 0.3) is 0 Å². The van der Waals surface area contributed by atoms with Crippen molar-refractivity contribution in [3.8, 4) is 0 Å². The number of aromatic nitrogens is 3. The lowest BCUT2D eigenvalue weighted by atomic mass is 10.1.